The number of halogens is 1. The van der Waals surface area contributed by atoms with Gasteiger partial charge in [0.2, 0.25) is 0 Å². The number of nitrogens with two attached hydrogens (primary N) is 1. The summed E-state index contributed by atoms with van der Waals surface area (Å²) in [5, 5.41) is 10.0. The third kappa shape index (κ3) is 4.10. The lowest BCUT2D eigenvalue weighted by Crippen LogP contribution is -2.02. The zero-order valence-electron chi connectivity index (χ0n) is 5.53. The predicted octanol–water partition coefficient (Wildman–Crippen LogP) is 0.844. The van der Waals surface area contributed by atoms with Gasteiger partial charge in [0.15, 0.2) is 0 Å². The fourth-order valence-electron chi connectivity index (χ4n) is 0.287. The van der Waals surface area contributed by atoms with E-state index in [1.165, 1.54) is 0 Å². The van der Waals surface area contributed by atoms with Gasteiger partial charge in [0.05, 0.1) is 11.1 Å². The average molecular weight is 176 g/mol. The van der Waals surface area contributed by atoms with Gasteiger partial charge in [-0.15, -0.1) is 0 Å². The summed E-state index contributed by atoms with van der Waals surface area (Å²) >= 11 is 5.20. The van der Waals surface area contributed by atoms with Crippen molar-refractivity contribution in [2.75, 3.05) is 0 Å². The molecule has 0 heterocycles. The molecule has 0 aliphatic rings. The van der Waals surface area contributed by atoms with Crippen LogP contribution in [-0.2, 0) is 0 Å². The van der Waals surface area contributed by atoms with E-state index in [-0.39, 0.29) is 10.9 Å². The van der Waals surface area contributed by atoms with Gasteiger partial charge in [-0.2, -0.15) is 0 Å². The number of nitrogens with zero attached hydrogens (tertiary/aromatic N) is 2. The van der Waals surface area contributed by atoms with E-state index in [4.69, 9.17) is 17.3 Å². The summed E-state index contributed by atoms with van der Waals surface area (Å²) in [7, 11) is 0. The van der Waals surface area contributed by atoms with Gasteiger partial charge in [-0.3, -0.25) is 10.1 Å². The van der Waals surface area contributed by atoms with Crippen LogP contribution in [0.4, 0.5) is 0 Å². The Hall–Kier alpha value is -1.36. The van der Waals surface area contributed by atoms with Crippen molar-refractivity contribution in [2.45, 2.75) is 0 Å². The van der Waals surface area contributed by atoms with E-state index < -0.39 is 4.92 Å². The number of rotatable bonds is 3. The maximum Gasteiger partial charge on any atom is 0.302 e. The van der Waals surface area contributed by atoms with Crippen molar-refractivity contribution in [3.8, 4) is 0 Å². The van der Waals surface area contributed by atoms with Crippen molar-refractivity contribution in [3.05, 3.63) is 33.7 Å². The highest BCUT2D eigenvalue weighted by atomic mass is 35.5. The molecule has 0 aliphatic heterocycles. The fraction of sp³-hybridized carbons (Fsp3) is 0. The van der Waals surface area contributed by atoms with Crippen LogP contribution < -0.4 is 5.73 Å². The number of hydrogen-bond donors (Lipinski definition) is 1. The minimum atomic E-state index is -0.677. The van der Waals surface area contributed by atoms with Crippen molar-refractivity contribution >= 4 is 17.8 Å². The van der Waals surface area contributed by atoms with Crippen LogP contribution in [0.2, 0.25) is 0 Å². The third-order valence-corrected chi connectivity index (χ3v) is 0.816. The molecule has 0 spiro atoms. The lowest BCUT2D eigenvalue weighted by molar-refractivity contribution is -0.414. The average Bonchev–Trinajstić information content (AvgIpc) is 1.87. The molecule has 5 nitrogen and oxygen atoms in total. The van der Waals surface area contributed by atoms with Gasteiger partial charge >= 0.3 is 5.70 Å². The second-order valence-electron chi connectivity index (χ2n) is 1.48. The maximum absolute atomic E-state index is 10.0. The van der Waals surface area contributed by atoms with Gasteiger partial charge in [0.1, 0.15) is 11.4 Å². The molecule has 0 fully saturated rings. The van der Waals surface area contributed by atoms with Crippen LogP contribution in [0, 0.1) is 10.1 Å². The first-order chi connectivity index (χ1) is 5.07. The molecular weight excluding hydrogens is 170 g/mol. The summed E-state index contributed by atoms with van der Waals surface area (Å²) in [5.41, 5.74) is 4.57. The molecule has 0 atom stereocenters. The highest BCUT2D eigenvalue weighted by Crippen LogP contribution is 1.98. The molecule has 60 valence electrons. The summed E-state index contributed by atoms with van der Waals surface area (Å²) in [6.45, 7) is 3.20. The summed E-state index contributed by atoms with van der Waals surface area (Å²) in [6.07, 6.45) is 1.75. The van der Waals surface area contributed by atoms with Gasteiger partial charge in [-0.1, -0.05) is 18.2 Å². The second kappa shape index (κ2) is 4.45. The van der Waals surface area contributed by atoms with Crippen LogP contribution in [0.5, 0.6) is 0 Å². The van der Waals surface area contributed by atoms with E-state index in [1.807, 2.05) is 0 Å². The summed E-state index contributed by atoms with van der Waals surface area (Å²) in [5.74, 6) is 0. The van der Waals surface area contributed by atoms with Crippen LogP contribution in [0.3, 0.4) is 0 Å². The highest BCUT2D eigenvalue weighted by molar-refractivity contribution is 6.29. The van der Waals surface area contributed by atoms with Crippen LogP contribution >= 0.6 is 11.6 Å². The molecule has 0 aromatic heterocycles. The highest BCUT2D eigenvalue weighted by Gasteiger charge is 2.03. The number of nitro groups is 1. The predicted molar refractivity (Wildman–Crippen MR) is 42.7 cm³/mol. The first-order valence-corrected chi connectivity index (χ1v) is 2.90. The molecular formula is C5H6ClN3O2. The Bertz CT molecular complexity index is 234. The standard InChI is InChI=1S/C5H6ClN3O2/c1-4(6)8-3-5(2-7)9(10)11/h2-3H,1,7H2/b5-2+,8-3?. The van der Waals surface area contributed by atoms with Gasteiger partial charge in [0, 0.05) is 0 Å². The molecule has 0 aliphatic carbocycles. The third-order valence-electron chi connectivity index (χ3n) is 0.718. The van der Waals surface area contributed by atoms with E-state index >= 15 is 0 Å². The molecule has 0 radical (unpaired) electrons. The quantitative estimate of drug-likeness (QED) is 0.299. The molecule has 0 aromatic rings. The van der Waals surface area contributed by atoms with Crippen molar-refractivity contribution in [3.63, 3.8) is 0 Å². The zero-order valence-corrected chi connectivity index (χ0v) is 6.28. The molecule has 2 N–H and O–H groups in total. The number of allylic oxidation sites excluding steroid dienone is 1. The van der Waals surface area contributed by atoms with Gasteiger partial charge in [0.25, 0.3) is 0 Å². The minimum Gasteiger partial charge on any atom is -0.399 e. The lowest BCUT2D eigenvalue weighted by Gasteiger charge is -1.86. The largest absolute Gasteiger partial charge is 0.399 e. The molecule has 0 saturated heterocycles. The Kier molecular flexibility index (Phi) is 3.90. The van der Waals surface area contributed by atoms with Crippen LogP contribution in [0.25, 0.3) is 0 Å². The van der Waals surface area contributed by atoms with Crippen molar-refractivity contribution < 1.29 is 4.92 Å². The number of hydrogen-bond acceptors (Lipinski definition) is 4. The Morgan fingerprint density at radius 3 is 2.64 bits per heavy atom. The second-order valence-corrected chi connectivity index (χ2v) is 1.92. The first kappa shape index (κ1) is 9.64. The van der Waals surface area contributed by atoms with Crippen molar-refractivity contribution in [2.24, 2.45) is 10.7 Å². The van der Waals surface area contributed by atoms with Gasteiger partial charge in [-0.25, -0.2) is 4.99 Å². The van der Waals surface area contributed by atoms with E-state index in [0.29, 0.717) is 0 Å². The molecule has 0 aromatic carbocycles. The summed E-state index contributed by atoms with van der Waals surface area (Å²) in [4.78, 5) is 12.7. The summed E-state index contributed by atoms with van der Waals surface area (Å²) < 4.78 is 0. The Morgan fingerprint density at radius 2 is 2.36 bits per heavy atom. The molecule has 0 rings (SSSR count). The number of aliphatic imine (C=N–C) groups is 1. The van der Waals surface area contributed by atoms with E-state index in [0.717, 1.165) is 12.4 Å². The molecule has 11 heavy (non-hydrogen) atoms. The molecule has 0 bridgehead atoms. The molecule has 6 heteroatoms. The first-order valence-electron chi connectivity index (χ1n) is 2.52. The SMILES string of the molecule is C=C(Cl)N=C/C(=C\N)[N+](=O)[O-]. The topological polar surface area (TPSA) is 81.5 Å². The van der Waals surface area contributed by atoms with E-state index in [9.17, 15) is 10.1 Å². The maximum atomic E-state index is 10.0. The van der Waals surface area contributed by atoms with Gasteiger partial charge < -0.3 is 5.73 Å². The Morgan fingerprint density at radius 1 is 1.82 bits per heavy atom. The van der Waals surface area contributed by atoms with Crippen molar-refractivity contribution in [1.82, 2.24) is 0 Å². The van der Waals surface area contributed by atoms with Gasteiger partial charge in [-0.05, 0) is 0 Å². The van der Waals surface area contributed by atoms with E-state index in [2.05, 4.69) is 11.6 Å². The zero-order chi connectivity index (χ0) is 8.85. The van der Waals surface area contributed by atoms with Crippen LogP contribution in [0.1, 0.15) is 0 Å². The van der Waals surface area contributed by atoms with Crippen LogP contribution in [0.15, 0.2) is 28.6 Å². The molecule has 0 unspecified atom stereocenters. The normalized spacial score (nSPS) is 11.9. The van der Waals surface area contributed by atoms with Crippen molar-refractivity contribution in [1.29, 1.82) is 0 Å². The Balaban J connectivity index is 4.34. The lowest BCUT2D eigenvalue weighted by atomic mass is 10.5. The molecule has 0 amide bonds. The Labute approximate surface area is 68.0 Å². The van der Waals surface area contributed by atoms with E-state index in [1.54, 1.807) is 0 Å². The smallest absolute Gasteiger partial charge is 0.302 e. The van der Waals surface area contributed by atoms with Crippen LogP contribution in [-0.4, -0.2) is 11.1 Å². The minimum absolute atomic E-state index is 0.0359. The summed E-state index contributed by atoms with van der Waals surface area (Å²) in [6, 6.07) is 0. The molecule has 0 saturated carbocycles. The fourth-order valence-corrected chi connectivity index (χ4v) is 0.336. The monoisotopic (exact) mass is 175 g/mol.